The topological polar surface area (TPSA) is 84.0 Å². The lowest BCUT2D eigenvalue weighted by Crippen LogP contribution is -2.35. The van der Waals surface area contributed by atoms with E-state index in [9.17, 15) is 10.1 Å². The van der Waals surface area contributed by atoms with Crippen molar-refractivity contribution in [2.75, 3.05) is 0 Å². The van der Waals surface area contributed by atoms with E-state index >= 15 is 0 Å². The van der Waals surface area contributed by atoms with Crippen LogP contribution >= 0.6 is 11.6 Å². The molecule has 36 heavy (non-hydrogen) atoms. The molecule has 2 aliphatic rings. The summed E-state index contributed by atoms with van der Waals surface area (Å²) >= 11 is 6.35. The average Bonchev–Trinajstić information content (AvgIpc) is 3.18. The lowest BCUT2D eigenvalue weighted by molar-refractivity contribution is 0.0214. The number of ether oxygens (including phenoxy) is 1. The van der Waals surface area contributed by atoms with E-state index in [-0.39, 0.29) is 5.92 Å². The Kier molecular flexibility index (Phi) is 6.31. The van der Waals surface area contributed by atoms with Gasteiger partial charge in [0.15, 0.2) is 5.82 Å². The van der Waals surface area contributed by atoms with Crippen LogP contribution in [0.3, 0.4) is 0 Å². The van der Waals surface area contributed by atoms with Gasteiger partial charge < -0.3 is 4.74 Å². The quantitative estimate of drug-likeness (QED) is 0.406. The molecule has 1 amide bonds. The minimum atomic E-state index is -0.599. The van der Waals surface area contributed by atoms with E-state index in [1.165, 1.54) is 5.57 Å². The number of hydrogen-bond donors (Lipinski definition) is 0. The predicted molar refractivity (Wildman–Crippen MR) is 138 cm³/mol. The maximum atomic E-state index is 13.0. The first-order valence-corrected chi connectivity index (χ1v) is 12.5. The zero-order chi connectivity index (χ0) is 25.4. The lowest BCUT2D eigenvalue weighted by atomic mass is 9.85. The Labute approximate surface area is 216 Å². The summed E-state index contributed by atoms with van der Waals surface area (Å²) in [5.41, 5.74) is 4.29. The van der Waals surface area contributed by atoms with Crippen LogP contribution in [0.1, 0.15) is 74.3 Å². The molecule has 8 heteroatoms. The molecule has 0 N–H and O–H groups in total. The highest BCUT2D eigenvalue weighted by Gasteiger charge is 2.32. The van der Waals surface area contributed by atoms with E-state index in [0.29, 0.717) is 29.5 Å². The minimum Gasteiger partial charge on any atom is -0.444 e. The zero-order valence-electron chi connectivity index (χ0n) is 20.7. The van der Waals surface area contributed by atoms with Gasteiger partial charge in [-0.1, -0.05) is 29.8 Å². The van der Waals surface area contributed by atoms with Crippen LogP contribution in [-0.2, 0) is 17.8 Å². The second-order valence-electron chi connectivity index (χ2n) is 10.3. The normalized spacial score (nSPS) is 17.4. The molecule has 2 heterocycles. The third kappa shape index (κ3) is 4.87. The third-order valence-corrected chi connectivity index (χ3v) is 6.76. The second-order valence-corrected chi connectivity index (χ2v) is 10.7. The van der Waals surface area contributed by atoms with Crippen molar-refractivity contribution in [3.63, 3.8) is 0 Å². The Morgan fingerprint density at radius 3 is 2.72 bits per heavy atom. The van der Waals surface area contributed by atoms with E-state index < -0.39 is 11.7 Å². The smallest absolute Gasteiger partial charge is 0.411 e. The van der Waals surface area contributed by atoms with E-state index in [4.69, 9.17) is 16.3 Å². The van der Waals surface area contributed by atoms with E-state index in [1.807, 2.05) is 57.2 Å². The molecule has 0 saturated heterocycles. The molecule has 1 aliphatic heterocycles. The van der Waals surface area contributed by atoms with E-state index in [1.54, 1.807) is 4.90 Å². The number of benzene rings is 2. The molecule has 0 fully saturated rings. The molecule has 3 aromatic rings. The Morgan fingerprint density at radius 1 is 1.17 bits per heavy atom. The van der Waals surface area contributed by atoms with Gasteiger partial charge in [-0.25, -0.2) is 4.79 Å². The van der Waals surface area contributed by atoms with Crippen molar-refractivity contribution in [1.29, 1.82) is 5.26 Å². The van der Waals surface area contributed by atoms with Crippen LogP contribution in [0, 0.1) is 11.3 Å². The Hall–Kier alpha value is -3.63. The maximum Gasteiger partial charge on any atom is 0.411 e. The summed E-state index contributed by atoms with van der Waals surface area (Å²) < 4.78 is 7.75. The molecule has 1 aromatic heterocycles. The van der Waals surface area contributed by atoms with Crippen LogP contribution in [0.15, 0.2) is 48.5 Å². The van der Waals surface area contributed by atoms with Crippen molar-refractivity contribution >= 4 is 23.3 Å². The lowest BCUT2D eigenvalue weighted by Gasteiger charge is -2.26. The second kappa shape index (κ2) is 9.44. The standard InChI is InChI=1S/C28H28ClN5O2/c1-28(2,3)36-27(35)33-16-22-14-23(29)11-12-24(22)34-25(17-33)31-32-26(34)20-9-7-19(8-10-20)21-6-4-5-18(13-21)15-30/h4-7,11-14,20H,8-10,16-17H2,1-3H3/t20-/m1/s1. The van der Waals surface area contributed by atoms with Crippen LogP contribution in [0.4, 0.5) is 4.79 Å². The fourth-order valence-electron chi connectivity index (χ4n) is 4.87. The number of nitrogens with zero attached hydrogens (tertiary/aromatic N) is 5. The highest BCUT2D eigenvalue weighted by atomic mass is 35.5. The molecule has 1 atom stereocenters. The van der Waals surface area contributed by atoms with Gasteiger partial charge in [0, 0.05) is 10.9 Å². The summed E-state index contributed by atoms with van der Waals surface area (Å²) in [6.45, 7) is 6.24. The number of aromatic nitrogens is 3. The summed E-state index contributed by atoms with van der Waals surface area (Å²) in [7, 11) is 0. The molecule has 5 rings (SSSR count). The number of amides is 1. The van der Waals surface area contributed by atoms with Gasteiger partial charge in [-0.2, -0.15) is 5.26 Å². The summed E-state index contributed by atoms with van der Waals surface area (Å²) in [6, 6.07) is 15.7. The minimum absolute atomic E-state index is 0.186. The van der Waals surface area contributed by atoms with Crippen LogP contribution < -0.4 is 0 Å². The van der Waals surface area contributed by atoms with Crippen molar-refractivity contribution in [3.05, 3.63) is 81.9 Å². The summed E-state index contributed by atoms with van der Waals surface area (Å²) in [4.78, 5) is 14.6. The highest BCUT2D eigenvalue weighted by molar-refractivity contribution is 6.30. The Balaban J connectivity index is 1.47. The maximum absolute atomic E-state index is 13.0. The molecule has 0 radical (unpaired) electrons. The summed E-state index contributed by atoms with van der Waals surface area (Å²) in [5.74, 6) is 1.78. The molecule has 184 valence electrons. The number of nitriles is 1. The first-order valence-electron chi connectivity index (χ1n) is 12.1. The van der Waals surface area contributed by atoms with Gasteiger partial charge in [0.1, 0.15) is 11.4 Å². The fraction of sp³-hybridized carbons (Fsp3) is 0.357. The summed E-state index contributed by atoms with van der Waals surface area (Å²) in [6.07, 6.45) is 4.48. The van der Waals surface area contributed by atoms with E-state index in [2.05, 4.69) is 33.0 Å². The molecule has 7 nitrogen and oxygen atoms in total. The Bertz CT molecular complexity index is 1400. The molecule has 0 saturated carbocycles. The van der Waals surface area contributed by atoms with Crippen molar-refractivity contribution in [2.45, 2.75) is 64.6 Å². The Morgan fingerprint density at radius 2 is 2.00 bits per heavy atom. The summed E-state index contributed by atoms with van der Waals surface area (Å²) in [5, 5.41) is 19.0. The first-order chi connectivity index (χ1) is 17.2. The van der Waals surface area contributed by atoms with Crippen molar-refractivity contribution in [1.82, 2.24) is 19.7 Å². The van der Waals surface area contributed by atoms with Gasteiger partial charge >= 0.3 is 6.09 Å². The molecule has 0 bridgehead atoms. The van der Waals surface area contributed by atoms with Gasteiger partial charge in [0.05, 0.1) is 30.4 Å². The van der Waals surface area contributed by atoms with Crippen molar-refractivity contribution < 1.29 is 9.53 Å². The average molecular weight is 502 g/mol. The van der Waals surface area contributed by atoms with Gasteiger partial charge in [-0.15, -0.1) is 10.2 Å². The van der Waals surface area contributed by atoms with Gasteiger partial charge in [0.25, 0.3) is 0 Å². The van der Waals surface area contributed by atoms with E-state index in [0.717, 1.165) is 41.9 Å². The molecular weight excluding hydrogens is 474 g/mol. The van der Waals surface area contributed by atoms with Gasteiger partial charge in [0.2, 0.25) is 0 Å². The number of hydrogen-bond acceptors (Lipinski definition) is 5. The number of carbonyl (C=O) groups is 1. The molecular formula is C28H28ClN5O2. The monoisotopic (exact) mass is 501 g/mol. The van der Waals surface area contributed by atoms with Crippen molar-refractivity contribution in [3.8, 4) is 11.8 Å². The zero-order valence-corrected chi connectivity index (χ0v) is 21.4. The third-order valence-electron chi connectivity index (χ3n) is 6.52. The number of carbonyl (C=O) groups excluding carboxylic acids is 1. The number of halogens is 1. The molecule has 1 aliphatic carbocycles. The molecule has 2 aromatic carbocycles. The largest absolute Gasteiger partial charge is 0.444 e. The molecule has 0 unspecified atom stereocenters. The number of allylic oxidation sites excluding steroid dienone is 2. The van der Waals surface area contributed by atoms with Gasteiger partial charge in [-0.3, -0.25) is 9.47 Å². The van der Waals surface area contributed by atoms with Crippen LogP contribution in [-0.4, -0.2) is 31.4 Å². The predicted octanol–water partition coefficient (Wildman–Crippen LogP) is 6.39. The first kappa shape index (κ1) is 24.1. The van der Waals surface area contributed by atoms with Gasteiger partial charge in [-0.05, 0) is 87.1 Å². The number of rotatable bonds is 2. The van der Waals surface area contributed by atoms with Crippen molar-refractivity contribution in [2.24, 2.45) is 0 Å². The highest BCUT2D eigenvalue weighted by Crippen LogP contribution is 2.38. The fourth-order valence-corrected chi connectivity index (χ4v) is 5.06. The molecule has 0 spiro atoms. The van der Waals surface area contributed by atoms with Crippen LogP contribution in [0.25, 0.3) is 11.3 Å². The SMILES string of the molecule is CC(C)(C)OC(=O)N1Cc2cc(Cl)ccc2-n2c(nnc2[C@@H]2CC=C(c3cccc(C#N)c3)CC2)C1. The van der Waals surface area contributed by atoms with Crippen LogP contribution in [0.2, 0.25) is 5.02 Å². The van der Waals surface area contributed by atoms with Crippen LogP contribution in [0.5, 0.6) is 0 Å². The number of fused-ring (bicyclic) bond motifs is 3.